The van der Waals surface area contributed by atoms with Crippen molar-refractivity contribution in [2.45, 2.75) is 0 Å². The number of hydrogen-bond acceptors (Lipinski definition) is 2. The molecule has 0 aromatic heterocycles. The average Bonchev–Trinajstić information content (AvgIpc) is 1.76. The van der Waals surface area contributed by atoms with Gasteiger partial charge in [-0.2, -0.15) is 9.90 Å². The maximum absolute atomic E-state index is 4.83. The molecule has 0 radical (unpaired) electrons. The molecule has 1 aliphatic heterocycles. The third-order valence-electron chi connectivity index (χ3n) is 0.627. The maximum atomic E-state index is 4.83. The number of rotatable bonds is 0. The third-order valence-corrected chi connectivity index (χ3v) is 0.627. The maximum Gasteiger partial charge on any atom is 0.0966 e. The van der Waals surface area contributed by atoms with Crippen molar-refractivity contribution in [2.75, 3.05) is 19.9 Å². The summed E-state index contributed by atoms with van der Waals surface area (Å²) in [5.74, 6) is 0. The molecule has 1 saturated heterocycles. The van der Waals surface area contributed by atoms with Gasteiger partial charge in [0, 0.05) is 27.0 Å². The second-order valence-corrected chi connectivity index (χ2v) is 1.05. The molecular weight excluding hydrogens is 203 g/mol. The smallest absolute Gasteiger partial charge is 0.0966 e. The van der Waals surface area contributed by atoms with Gasteiger partial charge in [-0.1, -0.05) is 0 Å². The molecule has 2 nitrogen and oxygen atoms in total. The van der Waals surface area contributed by atoms with E-state index in [-0.39, 0.29) is 30.3 Å². The first kappa shape index (κ1) is 10.9. The molecule has 0 saturated carbocycles. The van der Waals surface area contributed by atoms with Crippen LogP contribution in [0.4, 0.5) is 0 Å². The van der Waals surface area contributed by atoms with E-state index in [4.69, 9.17) is 4.74 Å². The Bertz CT molecular complexity index is 26.5. The minimum atomic E-state index is 0. The van der Waals surface area contributed by atoms with Crippen molar-refractivity contribution in [3.05, 3.63) is 0 Å². The molecule has 0 aromatic rings. The van der Waals surface area contributed by atoms with E-state index < -0.39 is 0 Å². The largest absolute Gasteiger partial charge is 0.365 e. The first-order valence-electron chi connectivity index (χ1n) is 1.78. The van der Waals surface area contributed by atoms with E-state index in [9.17, 15) is 0 Å². The quantitative estimate of drug-likeness (QED) is 0.438. The summed E-state index contributed by atoms with van der Waals surface area (Å²) in [6.45, 7) is 2.67. The molecule has 4 heteroatoms. The van der Waals surface area contributed by atoms with Gasteiger partial charge in [0.05, 0.1) is 13.3 Å². The first-order valence-corrected chi connectivity index (χ1v) is 1.78. The molecule has 1 atom stereocenters. The second kappa shape index (κ2) is 7.01. The van der Waals surface area contributed by atoms with Crippen LogP contribution in [0.1, 0.15) is 0 Å². The Kier molecular flexibility index (Phi) is 10.9. The van der Waals surface area contributed by atoms with E-state index in [0.717, 1.165) is 19.9 Å². The molecule has 1 heterocycles. The van der Waals surface area contributed by atoms with Gasteiger partial charge in [-0.05, 0) is 0 Å². The normalized spacial score (nSPS) is 17.1. The van der Waals surface area contributed by atoms with Crippen molar-refractivity contribution < 1.29 is 25.2 Å². The van der Waals surface area contributed by atoms with Crippen molar-refractivity contribution in [2.24, 2.45) is 0 Å². The van der Waals surface area contributed by atoms with Crippen LogP contribution in [0.25, 0.3) is 0 Å². The minimum absolute atomic E-state index is 0. The summed E-state index contributed by atoms with van der Waals surface area (Å²) >= 11 is 0. The molecule has 0 aliphatic carbocycles. The Morgan fingerprint density at radius 1 is 1.43 bits per heavy atom. The number of nitrogens with one attached hydrogen (secondary N) is 1. The first-order chi connectivity index (χ1) is 2.50. The number of hydrogen-bond donors (Lipinski definition) is 1. The average molecular weight is 214 g/mol. The molecule has 1 unspecified atom stereocenters. The van der Waals surface area contributed by atoms with Crippen LogP contribution in [0, 0.1) is 0 Å². The minimum Gasteiger partial charge on any atom is -0.365 e. The van der Waals surface area contributed by atoms with Crippen LogP contribution in [0.15, 0.2) is 0 Å². The van der Waals surface area contributed by atoms with Gasteiger partial charge in [0.15, 0.2) is 0 Å². The van der Waals surface area contributed by atoms with E-state index in [1.54, 1.807) is 0 Å². The van der Waals surface area contributed by atoms with E-state index >= 15 is 0 Å². The van der Waals surface area contributed by atoms with Crippen molar-refractivity contribution >= 4 is 9.90 Å². The molecule has 48 valence electrons. The van der Waals surface area contributed by atoms with Gasteiger partial charge >= 0.3 is 0 Å². The molecule has 1 aliphatic rings. The summed E-state index contributed by atoms with van der Waals surface area (Å²) in [5.41, 5.74) is 0. The molecule has 7 heavy (non-hydrogen) atoms. The predicted octanol–water partition coefficient (Wildman–Crippen LogP) is -0.381. The molecule has 1 N–H and O–H groups in total. The van der Waals surface area contributed by atoms with Gasteiger partial charge < -0.3 is 4.74 Å². The molecule has 0 amide bonds. The fraction of sp³-hybridized carbons (Fsp3) is 1.00. The van der Waals surface area contributed by atoms with Gasteiger partial charge in [-0.15, -0.1) is 0 Å². The van der Waals surface area contributed by atoms with Crippen molar-refractivity contribution in [3.8, 4) is 0 Å². The van der Waals surface area contributed by atoms with Crippen LogP contribution >= 0.6 is 9.90 Å². The summed E-state index contributed by atoms with van der Waals surface area (Å²) in [6, 6.07) is 0. The summed E-state index contributed by atoms with van der Waals surface area (Å²) in [5, 5.41) is 3.00. The van der Waals surface area contributed by atoms with Crippen molar-refractivity contribution in [3.63, 3.8) is 0 Å². The molecule has 1 rings (SSSR count). The zero-order valence-corrected chi connectivity index (χ0v) is 7.02. The summed E-state index contributed by atoms with van der Waals surface area (Å²) in [7, 11) is 0. The SMILES string of the molecule is C1COCN1.P.[Pd]. The topological polar surface area (TPSA) is 21.3 Å². The summed E-state index contributed by atoms with van der Waals surface area (Å²) in [4.78, 5) is 0. The monoisotopic (exact) mass is 213 g/mol. The van der Waals surface area contributed by atoms with Gasteiger partial charge in [0.2, 0.25) is 0 Å². The van der Waals surface area contributed by atoms with Gasteiger partial charge in [-0.3, -0.25) is 5.32 Å². The van der Waals surface area contributed by atoms with E-state index in [1.807, 2.05) is 0 Å². The third kappa shape index (κ3) is 4.87. The Balaban J connectivity index is 0. The molecule has 1 fully saturated rings. The van der Waals surface area contributed by atoms with Gasteiger partial charge in [0.1, 0.15) is 0 Å². The van der Waals surface area contributed by atoms with Crippen LogP contribution in [-0.4, -0.2) is 19.9 Å². The molecule has 0 bridgehead atoms. The standard InChI is InChI=1S/C3H7NO.H3P.Pd/c1-2-5-3-4-1;;/h4H,1-3H2;1H3;. The fourth-order valence-corrected chi connectivity index (χ4v) is 0.361. The Morgan fingerprint density at radius 2 is 2.14 bits per heavy atom. The van der Waals surface area contributed by atoms with E-state index in [2.05, 4.69) is 5.32 Å². The van der Waals surface area contributed by atoms with Crippen molar-refractivity contribution in [1.82, 2.24) is 5.32 Å². The molecular formula is C3H10NOPPd. The zero-order chi connectivity index (χ0) is 3.54. The second-order valence-electron chi connectivity index (χ2n) is 1.05. The van der Waals surface area contributed by atoms with Crippen LogP contribution in [0.3, 0.4) is 0 Å². The Hall–Kier alpha value is 1.01. The Labute approximate surface area is 60.7 Å². The van der Waals surface area contributed by atoms with Gasteiger partial charge in [-0.25, -0.2) is 0 Å². The van der Waals surface area contributed by atoms with Crippen LogP contribution < -0.4 is 5.32 Å². The molecule has 0 spiro atoms. The van der Waals surface area contributed by atoms with Crippen LogP contribution in [-0.2, 0) is 25.2 Å². The van der Waals surface area contributed by atoms with Crippen LogP contribution in [0.2, 0.25) is 0 Å². The van der Waals surface area contributed by atoms with Crippen molar-refractivity contribution in [1.29, 1.82) is 0 Å². The predicted molar refractivity (Wildman–Crippen MR) is 29.9 cm³/mol. The summed E-state index contributed by atoms with van der Waals surface area (Å²) < 4.78 is 4.83. The van der Waals surface area contributed by atoms with E-state index in [1.165, 1.54) is 0 Å². The van der Waals surface area contributed by atoms with E-state index in [0.29, 0.717) is 0 Å². The van der Waals surface area contributed by atoms with Crippen LogP contribution in [0.5, 0.6) is 0 Å². The fourth-order valence-electron chi connectivity index (χ4n) is 0.361. The molecule has 0 aromatic carbocycles. The van der Waals surface area contributed by atoms with Gasteiger partial charge in [0.25, 0.3) is 0 Å². The Morgan fingerprint density at radius 3 is 2.29 bits per heavy atom. The number of ether oxygens (including phenoxy) is 1. The zero-order valence-electron chi connectivity index (χ0n) is 4.05. The summed E-state index contributed by atoms with van der Waals surface area (Å²) in [6.07, 6.45) is 0.